The van der Waals surface area contributed by atoms with Crippen LogP contribution < -0.4 is 4.74 Å². The van der Waals surface area contributed by atoms with Gasteiger partial charge in [0.2, 0.25) is 0 Å². The molecule has 0 aliphatic rings. The molecule has 0 saturated heterocycles. The molecule has 0 aliphatic heterocycles. The summed E-state index contributed by atoms with van der Waals surface area (Å²) < 4.78 is 5.61. The third kappa shape index (κ3) is 3.22. The first-order chi connectivity index (χ1) is 7.41. The molecule has 0 bridgehead atoms. The molecule has 2 N–H and O–H groups in total. The first-order valence-corrected chi connectivity index (χ1v) is 5.55. The summed E-state index contributed by atoms with van der Waals surface area (Å²) in [4.78, 5) is 0. The van der Waals surface area contributed by atoms with Gasteiger partial charge in [0.1, 0.15) is 11.9 Å². The minimum absolute atomic E-state index is 0.240. The Morgan fingerprint density at radius 1 is 1.12 bits per heavy atom. The minimum atomic E-state index is -0.504. The van der Waals surface area contributed by atoms with Gasteiger partial charge in [0.25, 0.3) is 0 Å². The molecule has 0 heterocycles. The lowest BCUT2D eigenvalue weighted by Crippen LogP contribution is -2.25. The second kappa shape index (κ2) is 5.32. The molecule has 90 valence electrons. The third-order valence-electron chi connectivity index (χ3n) is 2.67. The van der Waals surface area contributed by atoms with E-state index in [-0.39, 0.29) is 6.10 Å². The van der Waals surface area contributed by atoms with Crippen LogP contribution in [0.3, 0.4) is 0 Å². The molecule has 1 rings (SSSR count). The van der Waals surface area contributed by atoms with Crippen LogP contribution in [-0.4, -0.2) is 22.4 Å². The summed E-state index contributed by atoms with van der Waals surface area (Å²) in [6, 6.07) is 5.56. The average Bonchev–Trinajstić information content (AvgIpc) is 2.20. The Hall–Kier alpha value is -1.06. The highest BCUT2D eigenvalue weighted by molar-refractivity contribution is 5.37. The predicted molar refractivity (Wildman–Crippen MR) is 63.6 cm³/mol. The number of aliphatic hydroxyl groups excluding tert-OH is 2. The maximum atomic E-state index is 9.43. The number of hydrogen-bond acceptors (Lipinski definition) is 3. The highest BCUT2D eigenvalue weighted by atomic mass is 16.5. The first kappa shape index (κ1) is 13.0. The highest BCUT2D eigenvalue weighted by Crippen LogP contribution is 2.23. The topological polar surface area (TPSA) is 49.7 Å². The summed E-state index contributed by atoms with van der Waals surface area (Å²) in [6.45, 7) is 7.18. The number of aliphatic hydroxyl groups is 2. The van der Waals surface area contributed by atoms with E-state index in [1.165, 1.54) is 0 Å². The normalized spacial score (nSPS) is 16.6. The van der Waals surface area contributed by atoms with E-state index in [1.54, 1.807) is 13.8 Å². The van der Waals surface area contributed by atoms with E-state index in [4.69, 9.17) is 4.74 Å². The van der Waals surface area contributed by atoms with Crippen LogP contribution in [0.4, 0.5) is 0 Å². The number of hydrogen-bond donors (Lipinski definition) is 2. The van der Waals surface area contributed by atoms with Crippen molar-refractivity contribution >= 4 is 0 Å². The summed E-state index contributed by atoms with van der Waals surface area (Å²) in [5.41, 5.74) is 1.83. The van der Waals surface area contributed by atoms with Gasteiger partial charge in [0, 0.05) is 0 Å². The van der Waals surface area contributed by atoms with Gasteiger partial charge in [-0.3, -0.25) is 0 Å². The van der Waals surface area contributed by atoms with E-state index in [0.29, 0.717) is 0 Å². The SMILES string of the molecule is Cc1cc(C(C)O)ccc1OC(C)C(C)O. The van der Waals surface area contributed by atoms with Crippen molar-refractivity contribution in [3.05, 3.63) is 29.3 Å². The second-order valence-electron chi connectivity index (χ2n) is 4.26. The molecule has 0 spiro atoms. The smallest absolute Gasteiger partial charge is 0.122 e. The monoisotopic (exact) mass is 224 g/mol. The Labute approximate surface area is 96.7 Å². The van der Waals surface area contributed by atoms with Crippen molar-refractivity contribution in [3.63, 3.8) is 0 Å². The Balaban J connectivity index is 2.83. The van der Waals surface area contributed by atoms with Gasteiger partial charge < -0.3 is 14.9 Å². The fourth-order valence-electron chi connectivity index (χ4n) is 1.36. The van der Waals surface area contributed by atoms with Gasteiger partial charge in [-0.2, -0.15) is 0 Å². The summed E-state index contributed by atoms with van der Waals surface area (Å²) in [6.07, 6.45) is -1.21. The third-order valence-corrected chi connectivity index (χ3v) is 2.67. The van der Waals surface area contributed by atoms with Crippen molar-refractivity contribution in [3.8, 4) is 5.75 Å². The zero-order valence-corrected chi connectivity index (χ0v) is 10.3. The average molecular weight is 224 g/mol. The van der Waals surface area contributed by atoms with Crippen molar-refractivity contribution in [2.24, 2.45) is 0 Å². The van der Waals surface area contributed by atoms with Gasteiger partial charge in [-0.15, -0.1) is 0 Å². The zero-order valence-electron chi connectivity index (χ0n) is 10.3. The van der Waals surface area contributed by atoms with Gasteiger partial charge in [-0.05, 0) is 51.0 Å². The molecule has 0 radical (unpaired) electrons. The summed E-state index contributed by atoms with van der Waals surface area (Å²) in [7, 11) is 0. The van der Waals surface area contributed by atoms with E-state index in [1.807, 2.05) is 32.0 Å². The number of aryl methyl sites for hydroxylation is 1. The van der Waals surface area contributed by atoms with Crippen LogP contribution in [-0.2, 0) is 0 Å². The Morgan fingerprint density at radius 3 is 2.19 bits per heavy atom. The standard InChI is InChI=1S/C13H20O3/c1-8-7-12(10(3)15)5-6-13(8)16-11(4)9(2)14/h5-7,9-11,14-15H,1-4H3. The van der Waals surface area contributed by atoms with Crippen LogP contribution in [0.1, 0.15) is 38.0 Å². The zero-order chi connectivity index (χ0) is 12.3. The fraction of sp³-hybridized carbons (Fsp3) is 0.538. The molecule has 1 aromatic rings. The Kier molecular flexibility index (Phi) is 4.33. The lowest BCUT2D eigenvalue weighted by molar-refractivity contribution is 0.0599. The van der Waals surface area contributed by atoms with Crippen LogP contribution in [0.15, 0.2) is 18.2 Å². The summed E-state index contributed by atoms with van der Waals surface area (Å²) in [5, 5.41) is 18.8. The van der Waals surface area contributed by atoms with E-state index in [9.17, 15) is 10.2 Å². The van der Waals surface area contributed by atoms with Crippen LogP contribution >= 0.6 is 0 Å². The highest BCUT2D eigenvalue weighted by Gasteiger charge is 2.12. The van der Waals surface area contributed by atoms with Gasteiger partial charge in [0.15, 0.2) is 0 Å². The molecule has 0 amide bonds. The lowest BCUT2D eigenvalue weighted by Gasteiger charge is -2.19. The van der Waals surface area contributed by atoms with Crippen molar-refractivity contribution in [2.75, 3.05) is 0 Å². The molecule has 3 unspecified atom stereocenters. The summed E-state index contributed by atoms with van der Waals surface area (Å²) >= 11 is 0. The molecule has 16 heavy (non-hydrogen) atoms. The van der Waals surface area contributed by atoms with E-state index in [0.717, 1.165) is 16.9 Å². The molecule has 0 fully saturated rings. The predicted octanol–water partition coefficient (Wildman–Crippen LogP) is 2.20. The lowest BCUT2D eigenvalue weighted by atomic mass is 10.1. The van der Waals surface area contributed by atoms with Crippen LogP contribution in [0.5, 0.6) is 5.75 Å². The van der Waals surface area contributed by atoms with Crippen LogP contribution in [0.25, 0.3) is 0 Å². The van der Waals surface area contributed by atoms with Crippen LogP contribution in [0, 0.1) is 6.92 Å². The molecule has 1 aromatic carbocycles. The Bertz CT molecular complexity index is 345. The van der Waals surface area contributed by atoms with E-state index >= 15 is 0 Å². The number of rotatable bonds is 4. The second-order valence-corrected chi connectivity index (χ2v) is 4.26. The van der Waals surface area contributed by atoms with Crippen molar-refractivity contribution in [2.45, 2.75) is 46.0 Å². The first-order valence-electron chi connectivity index (χ1n) is 5.55. The fourth-order valence-corrected chi connectivity index (χ4v) is 1.36. The van der Waals surface area contributed by atoms with Gasteiger partial charge in [-0.1, -0.05) is 6.07 Å². The molecule has 3 heteroatoms. The van der Waals surface area contributed by atoms with Crippen molar-refractivity contribution in [1.82, 2.24) is 0 Å². The number of ether oxygens (including phenoxy) is 1. The quantitative estimate of drug-likeness (QED) is 0.824. The van der Waals surface area contributed by atoms with Crippen molar-refractivity contribution < 1.29 is 14.9 Å². The van der Waals surface area contributed by atoms with E-state index in [2.05, 4.69) is 0 Å². The Morgan fingerprint density at radius 2 is 1.75 bits per heavy atom. The molecular formula is C13H20O3. The molecule has 3 nitrogen and oxygen atoms in total. The summed E-state index contributed by atoms with van der Waals surface area (Å²) in [5.74, 6) is 0.748. The maximum Gasteiger partial charge on any atom is 0.122 e. The molecule has 0 saturated carbocycles. The molecule has 0 aliphatic carbocycles. The number of benzene rings is 1. The molecule has 3 atom stereocenters. The van der Waals surface area contributed by atoms with Crippen LogP contribution in [0.2, 0.25) is 0 Å². The largest absolute Gasteiger partial charge is 0.488 e. The van der Waals surface area contributed by atoms with E-state index < -0.39 is 12.2 Å². The van der Waals surface area contributed by atoms with Gasteiger partial charge in [-0.25, -0.2) is 0 Å². The molecule has 0 aromatic heterocycles. The van der Waals surface area contributed by atoms with Crippen molar-refractivity contribution in [1.29, 1.82) is 0 Å². The van der Waals surface area contributed by atoms with Gasteiger partial charge >= 0.3 is 0 Å². The minimum Gasteiger partial charge on any atom is -0.488 e. The molecular weight excluding hydrogens is 204 g/mol. The van der Waals surface area contributed by atoms with Gasteiger partial charge in [0.05, 0.1) is 12.2 Å². The maximum absolute atomic E-state index is 9.43.